The van der Waals surface area contributed by atoms with Crippen molar-refractivity contribution in [3.8, 4) is 35.2 Å². The number of pyridine rings is 1. The third-order valence-corrected chi connectivity index (χ3v) is 6.66. The lowest BCUT2D eigenvalue weighted by molar-refractivity contribution is 0.124. The first-order chi connectivity index (χ1) is 17.4. The van der Waals surface area contributed by atoms with Gasteiger partial charge in [-0.3, -0.25) is 0 Å². The van der Waals surface area contributed by atoms with Gasteiger partial charge in [0.05, 0.1) is 30.3 Å². The number of methoxy groups -OCH3 is 1. The lowest BCUT2D eigenvalue weighted by Crippen LogP contribution is -2.31. The molecule has 2 aromatic carbocycles. The average molecular weight is 490 g/mol. The van der Waals surface area contributed by atoms with Crippen LogP contribution in [0.1, 0.15) is 18.4 Å². The van der Waals surface area contributed by atoms with Crippen LogP contribution >= 0.6 is 0 Å². The topological polar surface area (TPSA) is 101 Å². The van der Waals surface area contributed by atoms with Crippen molar-refractivity contribution in [3.05, 3.63) is 51.9 Å². The molecule has 1 aliphatic carbocycles. The zero-order valence-corrected chi connectivity index (χ0v) is 19.1. The lowest BCUT2D eigenvalue weighted by atomic mass is 9.95. The first kappa shape index (κ1) is 22.2. The Hall–Kier alpha value is -4.23. The number of aromatic hydroxyl groups is 1. The number of nitrogens with zero attached hydrogens (tertiary/aromatic N) is 3. The van der Waals surface area contributed by atoms with Gasteiger partial charge in [-0.05, 0) is 36.4 Å². The van der Waals surface area contributed by atoms with Gasteiger partial charge in [-0.2, -0.15) is 4.98 Å². The van der Waals surface area contributed by atoms with Gasteiger partial charge in [0.2, 0.25) is 5.88 Å². The van der Waals surface area contributed by atoms with E-state index in [-0.39, 0.29) is 62.7 Å². The van der Waals surface area contributed by atoms with Crippen molar-refractivity contribution >= 4 is 27.5 Å². The van der Waals surface area contributed by atoms with Crippen molar-refractivity contribution in [2.75, 3.05) is 25.2 Å². The van der Waals surface area contributed by atoms with Gasteiger partial charge in [0.1, 0.15) is 28.5 Å². The molecule has 6 rings (SSSR count). The predicted octanol–water partition coefficient (Wildman–Crippen LogP) is 3.48. The van der Waals surface area contributed by atoms with Crippen LogP contribution in [0.25, 0.3) is 32.9 Å². The van der Waals surface area contributed by atoms with Gasteiger partial charge in [-0.1, -0.05) is 12.0 Å². The number of anilines is 1. The molecule has 3 heterocycles. The number of fused-ring (bicyclic) bond motifs is 3. The first-order valence-corrected chi connectivity index (χ1v) is 11.4. The molecule has 4 aromatic rings. The zero-order chi connectivity index (χ0) is 25.1. The third-order valence-electron chi connectivity index (χ3n) is 6.66. The molecule has 10 heteroatoms. The number of nitrogens with one attached hydrogen (secondary N) is 1. The van der Waals surface area contributed by atoms with E-state index in [1.165, 1.54) is 31.4 Å². The Morgan fingerprint density at radius 1 is 1.28 bits per heavy atom. The van der Waals surface area contributed by atoms with Crippen LogP contribution < -0.4 is 15.3 Å². The van der Waals surface area contributed by atoms with E-state index in [1.807, 2.05) is 4.90 Å². The van der Waals surface area contributed by atoms with E-state index >= 15 is 4.39 Å². The van der Waals surface area contributed by atoms with Crippen molar-refractivity contribution in [1.29, 1.82) is 0 Å². The number of hydrogen-bond acceptors (Lipinski definition) is 7. The van der Waals surface area contributed by atoms with Crippen LogP contribution in [-0.4, -0.2) is 52.5 Å². The molecule has 2 aliphatic rings. The quantitative estimate of drug-likeness (QED) is 0.424. The summed E-state index contributed by atoms with van der Waals surface area (Å²) in [7, 11) is 1.37. The fourth-order valence-corrected chi connectivity index (χ4v) is 5.01. The van der Waals surface area contributed by atoms with E-state index in [0.717, 1.165) is 12.8 Å². The molecule has 0 unspecified atom stereocenters. The molecule has 1 saturated heterocycles. The van der Waals surface area contributed by atoms with E-state index in [2.05, 4.69) is 20.9 Å². The summed E-state index contributed by atoms with van der Waals surface area (Å²) >= 11 is 0. The Morgan fingerprint density at radius 2 is 2.11 bits per heavy atom. The second kappa shape index (κ2) is 8.17. The Bertz CT molecular complexity index is 1660. The van der Waals surface area contributed by atoms with Gasteiger partial charge >= 0.3 is 5.69 Å². The van der Waals surface area contributed by atoms with Crippen LogP contribution in [0.3, 0.4) is 0 Å². The average Bonchev–Trinajstić information content (AvgIpc) is 3.64. The summed E-state index contributed by atoms with van der Waals surface area (Å²) in [5.74, 6) is 0.826. The van der Waals surface area contributed by atoms with Crippen LogP contribution in [0.2, 0.25) is 0 Å². The van der Waals surface area contributed by atoms with Crippen molar-refractivity contribution < 1.29 is 23.4 Å². The first-order valence-electron chi connectivity index (χ1n) is 11.4. The summed E-state index contributed by atoms with van der Waals surface area (Å²) in [6.45, 7) is 1.16. The Kier molecular flexibility index (Phi) is 5.05. The zero-order valence-electron chi connectivity index (χ0n) is 19.1. The maximum atomic E-state index is 16.2. The van der Waals surface area contributed by atoms with E-state index in [0.29, 0.717) is 18.5 Å². The number of halogens is 2. The molecule has 2 fully saturated rings. The molecule has 0 bridgehead atoms. The van der Waals surface area contributed by atoms with Crippen molar-refractivity contribution in [2.24, 2.45) is 0 Å². The van der Waals surface area contributed by atoms with Crippen LogP contribution in [0.5, 0.6) is 11.6 Å². The largest absolute Gasteiger partial charge is 0.508 e. The minimum absolute atomic E-state index is 0.0117. The fraction of sp³-hybridized carbons (Fsp3) is 0.269. The predicted molar refractivity (Wildman–Crippen MR) is 129 cm³/mol. The van der Waals surface area contributed by atoms with Gasteiger partial charge in [0, 0.05) is 24.1 Å². The summed E-state index contributed by atoms with van der Waals surface area (Å²) in [5.41, 5.74) is -1.21. The summed E-state index contributed by atoms with van der Waals surface area (Å²) in [4.78, 5) is 25.6. The van der Waals surface area contributed by atoms with E-state index in [4.69, 9.17) is 15.9 Å². The number of aromatic nitrogens is 3. The van der Waals surface area contributed by atoms with Gasteiger partial charge in [-0.15, -0.1) is 6.42 Å². The molecule has 36 heavy (non-hydrogen) atoms. The summed E-state index contributed by atoms with van der Waals surface area (Å²) in [5, 5.41) is 11.1. The molecule has 182 valence electrons. The smallest absolute Gasteiger partial charge is 0.347 e. The highest BCUT2D eigenvalue weighted by molar-refractivity contribution is 6.04. The normalized spacial score (nSPS) is 19.1. The number of aromatic amines is 1. The number of ether oxygens (including phenoxy) is 2. The summed E-state index contributed by atoms with van der Waals surface area (Å²) in [6, 6.07) is 5.28. The van der Waals surface area contributed by atoms with Crippen LogP contribution in [0.4, 0.5) is 14.6 Å². The molecule has 2 N–H and O–H groups in total. The third kappa shape index (κ3) is 3.35. The van der Waals surface area contributed by atoms with Gasteiger partial charge in [0.15, 0.2) is 5.82 Å². The maximum absolute atomic E-state index is 16.2. The van der Waals surface area contributed by atoms with E-state index in [9.17, 15) is 14.3 Å². The SMILES string of the molecule is C#Cc1c(F)ccc2cc(O)cc(-c3nc(OC)c4c(N5CCCO[C@H]6C[C@H]65)nc(=O)[nH]c4c3F)c12. The maximum Gasteiger partial charge on any atom is 0.347 e. The van der Waals surface area contributed by atoms with Crippen LogP contribution in [0.15, 0.2) is 29.1 Å². The van der Waals surface area contributed by atoms with E-state index < -0.39 is 17.3 Å². The highest BCUT2D eigenvalue weighted by Gasteiger charge is 2.46. The number of rotatable bonds is 3. The molecule has 1 aliphatic heterocycles. The summed E-state index contributed by atoms with van der Waals surface area (Å²) < 4.78 is 42.1. The Morgan fingerprint density at radius 3 is 2.89 bits per heavy atom. The number of phenols is 1. The number of benzene rings is 2. The molecule has 2 atom stereocenters. The van der Waals surface area contributed by atoms with E-state index in [1.54, 1.807) is 0 Å². The lowest BCUT2D eigenvalue weighted by Gasteiger charge is -2.24. The Labute approximate surface area is 203 Å². The fourth-order valence-electron chi connectivity index (χ4n) is 5.01. The summed E-state index contributed by atoms with van der Waals surface area (Å²) in [6.07, 6.45) is 7.10. The second-order valence-corrected chi connectivity index (χ2v) is 8.82. The molecule has 1 saturated carbocycles. The number of phenolic OH excluding ortho intramolecular Hbond substituents is 1. The highest BCUT2D eigenvalue weighted by Crippen LogP contribution is 2.43. The minimum Gasteiger partial charge on any atom is -0.508 e. The second-order valence-electron chi connectivity index (χ2n) is 8.82. The van der Waals surface area contributed by atoms with Crippen molar-refractivity contribution in [3.63, 3.8) is 0 Å². The van der Waals surface area contributed by atoms with Gasteiger partial charge in [-0.25, -0.2) is 18.6 Å². The van der Waals surface area contributed by atoms with Gasteiger partial charge < -0.3 is 24.5 Å². The number of hydrogen-bond donors (Lipinski definition) is 2. The minimum atomic E-state index is -0.885. The molecule has 0 radical (unpaired) electrons. The van der Waals surface area contributed by atoms with Crippen molar-refractivity contribution in [2.45, 2.75) is 25.0 Å². The molecular formula is C26H20F2N4O4. The molecular weight excluding hydrogens is 470 g/mol. The monoisotopic (exact) mass is 490 g/mol. The molecule has 8 nitrogen and oxygen atoms in total. The number of terminal acetylenes is 1. The molecule has 2 aromatic heterocycles. The standard InChI is InChI=1S/C26H20F2N4O4/c1-3-14-16(27)6-5-12-9-13(33)10-15(19(12)14)22-21(28)23-20(25(29-22)35-2)24(31-26(34)30-23)32-7-4-8-36-18-11-17(18)32/h1,5-6,9-10,17-18,33H,4,7-8,11H2,2H3,(H,30,31,34)/t17-,18+/m1/s1. The Balaban J connectivity index is 1.67. The van der Waals surface area contributed by atoms with Crippen LogP contribution in [0, 0.1) is 24.0 Å². The van der Waals surface area contributed by atoms with Crippen LogP contribution in [-0.2, 0) is 4.74 Å². The highest BCUT2D eigenvalue weighted by atomic mass is 19.1. The van der Waals surface area contributed by atoms with Gasteiger partial charge in [0.25, 0.3) is 0 Å². The molecule has 0 spiro atoms. The number of H-pyrrole nitrogens is 1. The van der Waals surface area contributed by atoms with Crippen molar-refractivity contribution in [1.82, 2.24) is 15.0 Å². The molecule has 0 amide bonds.